The second-order valence-corrected chi connectivity index (χ2v) is 4.35. The zero-order valence-corrected chi connectivity index (χ0v) is 9.24. The third kappa shape index (κ3) is 1.44. The summed E-state index contributed by atoms with van der Waals surface area (Å²) in [7, 11) is 0. The lowest BCUT2D eigenvalue weighted by atomic mass is 10.1. The number of nitrogens with two attached hydrogens (primary N) is 1. The van der Waals surface area contributed by atoms with Gasteiger partial charge in [-0.15, -0.1) is 11.3 Å². The van der Waals surface area contributed by atoms with Crippen molar-refractivity contribution in [3.8, 4) is 11.3 Å². The molecule has 0 aliphatic carbocycles. The Morgan fingerprint density at radius 3 is 2.62 bits per heavy atom. The van der Waals surface area contributed by atoms with Crippen molar-refractivity contribution in [2.75, 3.05) is 5.73 Å². The van der Waals surface area contributed by atoms with Crippen LogP contribution in [0.25, 0.3) is 21.5 Å². The molecule has 3 nitrogen and oxygen atoms in total. The highest BCUT2D eigenvalue weighted by Gasteiger charge is 2.08. The van der Waals surface area contributed by atoms with E-state index in [2.05, 4.69) is 9.97 Å². The van der Waals surface area contributed by atoms with Crippen LogP contribution >= 0.6 is 11.3 Å². The Labute approximate surface area is 96.6 Å². The summed E-state index contributed by atoms with van der Waals surface area (Å²) in [6.45, 7) is 0. The summed E-state index contributed by atoms with van der Waals surface area (Å²) in [5.41, 5.74) is 8.61. The molecule has 16 heavy (non-hydrogen) atoms. The zero-order chi connectivity index (χ0) is 11.0. The molecular formula is C12H9N3S. The molecule has 0 aliphatic heterocycles. The van der Waals surface area contributed by atoms with Gasteiger partial charge in [0.2, 0.25) is 5.95 Å². The first-order chi connectivity index (χ1) is 7.84. The summed E-state index contributed by atoms with van der Waals surface area (Å²) in [5, 5.41) is 2.01. The van der Waals surface area contributed by atoms with Gasteiger partial charge in [0, 0.05) is 5.56 Å². The Kier molecular flexibility index (Phi) is 2.08. The predicted octanol–water partition coefficient (Wildman–Crippen LogP) is 2.94. The number of fused-ring (bicyclic) bond motifs is 1. The SMILES string of the molecule is Nc1nc(-c2ccccc2)c2sccc2n1. The van der Waals surface area contributed by atoms with E-state index in [-0.39, 0.29) is 0 Å². The minimum atomic E-state index is 0.324. The standard InChI is InChI=1S/C12H9N3S/c13-12-14-9-6-7-16-11(9)10(15-12)8-4-2-1-3-5-8/h1-7H,(H2,13,14,15). The summed E-state index contributed by atoms with van der Waals surface area (Å²) in [6, 6.07) is 12.0. The van der Waals surface area contributed by atoms with Gasteiger partial charge in [0.05, 0.1) is 15.9 Å². The molecule has 0 bridgehead atoms. The molecule has 0 amide bonds. The normalized spacial score (nSPS) is 10.8. The number of anilines is 1. The van der Waals surface area contributed by atoms with E-state index < -0.39 is 0 Å². The van der Waals surface area contributed by atoms with Crippen molar-refractivity contribution in [2.24, 2.45) is 0 Å². The smallest absolute Gasteiger partial charge is 0.221 e. The molecule has 4 heteroatoms. The largest absolute Gasteiger partial charge is 0.368 e. The Morgan fingerprint density at radius 1 is 1.00 bits per heavy atom. The van der Waals surface area contributed by atoms with E-state index in [1.54, 1.807) is 11.3 Å². The second-order valence-electron chi connectivity index (χ2n) is 3.43. The fourth-order valence-electron chi connectivity index (χ4n) is 1.67. The lowest BCUT2D eigenvalue weighted by Crippen LogP contribution is -1.96. The predicted molar refractivity (Wildman–Crippen MR) is 67.3 cm³/mol. The van der Waals surface area contributed by atoms with E-state index in [4.69, 9.17) is 5.73 Å². The first-order valence-electron chi connectivity index (χ1n) is 4.91. The number of nitrogen functional groups attached to an aromatic ring is 1. The third-order valence-corrected chi connectivity index (χ3v) is 3.28. The molecule has 0 saturated carbocycles. The van der Waals surface area contributed by atoms with Gasteiger partial charge < -0.3 is 5.73 Å². The zero-order valence-electron chi connectivity index (χ0n) is 8.42. The van der Waals surface area contributed by atoms with E-state index in [9.17, 15) is 0 Å². The van der Waals surface area contributed by atoms with Crippen LogP contribution in [0, 0.1) is 0 Å². The molecule has 2 N–H and O–H groups in total. The van der Waals surface area contributed by atoms with Crippen LogP contribution in [0.5, 0.6) is 0 Å². The molecule has 0 radical (unpaired) electrons. The van der Waals surface area contributed by atoms with Crippen molar-refractivity contribution in [3.63, 3.8) is 0 Å². The van der Waals surface area contributed by atoms with Crippen LogP contribution in [0.3, 0.4) is 0 Å². The Bertz CT molecular complexity index is 631. The maximum absolute atomic E-state index is 5.70. The molecule has 3 rings (SSSR count). The maximum Gasteiger partial charge on any atom is 0.221 e. The van der Waals surface area contributed by atoms with Crippen molar-refractivity contribution >= 4 is 27.5 Å². The first-order valence-corrected chi connectivity index (χ1v) is 5.79. The molecule has 0 aliphatic rings. The fourth-order valence-corrected chi connectivity index (χ4v) is 2.52. The van der Waals surface area contributed by atoms with E-state index in [0.717, 1.165) is 21.5 Å². The lowest BCUT2D eigenvalue weighted by molar-refractivity contribution is 1.25. The van der Waals surface area contributed by atoms with Crippen LogP contribution in [0.4, 0.5) is 5.95 Å². The highest BCUT2D eigenvalue weighted by atomic mass is 32.1. The van der Waals surface area contributed by atoms with E-state index in [0.29, 0.717) is 5.95 Å². The number of hydrogen-bond acceptors (Lipinski definition) is 4. The monoisotopic (exact) mass is 227 g/mol. The van der Waals surface area contributed by atoms with Gasteiger partial charge in [-0.25, -0.2) is 9.97 Å². The van der Waals surface area contributed by atoms with Gasteiger partial charge in [-0.05, 0) is 11.4 Å². The van der Waals surface area contributed by atoms with Crippen molar-refractivity contribution in [2.45, 2.75) is 0 Å². The van der Waals surface area contributed by atoms with E-state index in [1.807, 2.05) is 41.8 Å². The van der Waals surface area contributed by atoms with Gasteiger partial charge >= 0.3 is 0 Å². The van der Waals surface area contributed by atoms with Crippen LogP contribution < -0.4 is 5.73 Å². The minimum absolute atomic E-state index is 0.324. The molecule has 2 aromatic heterocycles. The van der Waals surface area contributed by atoms with Gasteiger partial charge in [-0.3, -0.25) is 0 Å². The van der Waals surface area contributed by atoms with Crippen LogP contribution in [-0.4, -0.2) is 9.97 Å². The molecule has 0 fully saturated rings. The topological polar surface area (TPSA) is 51.8 Å². The van der Waals surface area contributed by atoms with Gasteiger partial charge in [0.15, 0.2) is 0 Å². The quantitative estimate of drug-likeness (QED) is 0.695. The molecule has 3 aromatic rings. The number of nitrogens with zero attached hydrogens (tertiary/aromatic N) is 2. The first kappa shape index (κ1) is 9.30. The summed E-state index contributed by atoms with van der Waals surface area (Å²) in [6.07, 6.45) is 0. The Balaban J connectivity index is 2.34. The number of aromatic nitrogens is 2. The van der Waals surface area contributed by atoms with Gasteiger partial charge in [-0.1, -0.05) is 30.3 Å². The third-order valence-electron chi connectivity index (χ3n) is 2.37. The molecule has 0 saturated heterocycles. The summed E-state index contributed by atoms with van der Waals surface area (Å²) in [5.74, 6) is 0.324. The molecule has 2 heterocycles. The summed E-state index contributed by atoms with van der Waals surface area (Å²) >= 11 is 1.64. The van der Waals surface area contributed by atoms with Crippen LogP contribution in [-0.2, 0) is 0 Å². The Hall–Kier alpha value is -1.94. The number of rotatable bonds is 1. The molecule has 0 spiro atoms. The molecule has 78 valence electrons. The van der Waals surface area contributed by atoms with Gasteiger partial charge in [0.25, 0.3) is 0 Å². The molecule has 1 aromatic carbocycles. The van der Waals surface area contributed by atoms with E-state index >= 15 is 0 Å². The van der Waals surface area contributed by atoms with Crippen molar-refractivity contribution in [1.29, 1.82) is 0 Å². The maximum atomic E-state index is 5.70. The fraction of sp³-hybridized carbons (Fsp3) is 0. The average molecular weight is 227 g/mol. The van der Waals surface area contributed by atoms with Crippen LogP contribution in [0.2, 0.25) is 0 Å². The number of thiophene rings is 1. The second kappa shape index (κ2) is 3.57. The van der Waals surface area contributed by atoms with Crippen LogP contribution in [0.1, 0.15) is 0 Å². The van der Waals surface area contributed by atoms with Crippen LogP contribution in [0.15, 0.2) is 41.8 Å². The van der Waals surface area contributed by atoms with Crippen molar-refractivity contribution in [3.05, 3.63) is 41.8 Å². The van der Waals surface area contributed by atoms with Crippen molar-refractivity contribution < 1.29 is 0 Å². The van der Waals surface area contributed by atoms with Gasteiger partial charge in [-0.2, -0.15) is 0 Å². The average Bonchev–Trinajstić information content (AvgIpc) is 2.77. The van der Waals surface area contributed by atoms with Gasteiger partial charge in [0.1, 0.15) is 0 Å². The molecule has 0 unspecified atom stereocenters. The lowest BCUT2D eigenvalue weighted by Gasteiger charge is -2.02. The highest BCUT2D eigenvalue weighted by Crippen LogP contribution is 2.30. The van der Waals surface area contributed by atoms with Crippen molar-refractivity contribution in [1.82, 2.24) is 9.97 Å². The number of benzene rings is 1. The number of hydrogen-bond donors (Lipinski definition) is 1. The Morgan fingerprint density at radius 2 is 1.81 bits per heavy atom. The molecular weight excluding hydrogens is 218 g/mol. The highest BCUT2D eigenvalue weighted by molar-refractivity contribution is 7.17. The summed E-state index contributed by atoms with van der Waals surface area (Å²) in [4.78, 5) is 8.52. The van der Waals surface area contributed by atoms with E-state index in [1.165, 1.54) is 0 Å². The summed E-state index contributed by atoms with van der Waals surface area (Å²) < 4.78 is 1.08. The molecule has 0 atom stereocenters. The minimum Gasteiger partial charge on any atom is -0.368 e.